The molecular weight excluding hydrogens is 557 g/mol. The van der Waals surface area contributed by atoms with Crippen molar-refractivity contribution in [3.8, 4) is 5.75 Å². The molecule has 0 spiro atoms. The second-order valence-corrected chi connectivity index (χ2v) is 14.9. The summed E-state index contributed by atoms with van der Waals surface area (Å²) >= 11 is 13.1. The van der Waals surface area contributed by atoms with Gasteiger partial charge in [0.15, 0.2) is 9.84 Å². The number of carbonyl (C=O) groups excluding carboxylic acids is 1. The topological polar surface area (TPSA) is 72.9 Å². The van der Waals surface area contributed by atoms with Gasteiger partial charge in [0, 0.05) is 29.7 Å². The lowest BCUT2D eigenvalue weighted by Gasteiger charge is -2.54. The Morgan fingerprint density at radius 1 is 1.03 bits per heavy atom. The summed E-state index contributed by atoms with van der Waals surface area (Å²) in [5, 5.41) is 0.777. The third kappa shape index (κ3) is 4.58. The number of fused-ring (bicyclic) bond motifs is 1. The number of anilines is 1. The molecule has 3 fully saturated rings. The Bertz CT molecular complexity index is 1350. The van der Waals surface area contributed by atoms with Gasteiger partial charge in [0.1, 0.15) is 16.2 Å². The number of piperidine rings is 1. The van der Waals surface area contributed by atoms with E-state index in [4.69, 9.17) is 32.7 Å². The molecule has 0 N–H and O–H groups in total. The highest BCUT2D eigenvalue weighted by atomic mass is 35.5. The van der Waals surface area contributed by atoms with Crippen molar-refractivity contribution in [1.29, 1.82) is 0 Å². The number of nitrogens with zero attached hydrogens (tertiary/aromatic N) is 1. The van der Waals surface area contributed by atoms with Crippen LogP contribution in [0.5, 0.6) is 5.75 Å². The highest BCUT2D eigenvalue weighted by molar-refractivity contribution is 7.92. The number of hydrogen-bond acceptors (Lipinski definition) is 5. The van der Waals surface area contributed by atoms with Crippen LogP contribution in [0.2, 0.25) is 10.0 Å². The Balaban J connectivity index is 1.64. The standard InChI is InChI=1S/C30H37Cl2NO5S/c1-19-23-7-5-6-8-24(23)29(2,3)28(34)33(19)27-25(32)17-20(18-26(27)37-4)30(13-15-38-16-14-30)39(35,36)22-11-9-21(31)10-12-22/h9-12,17-19,23-24H,5-8,13-16H2,1-4H3/t19-,23?,24?/m1/s1. The molecule has 0 radical (unpaired) electrons. The van der Waals surface area contributed by atoms with Crippen molar-refractivity contribution in [2.75, 3.05) is 25.2 Å². The summed E-state index contributed by atoms with van der Waals surface area (Å²) in [6.07, 6.45) is 4.97. The van der Waals surface area contributed by atoms with Crippen molar-refractivity contribution in [3.63, 3.8) is 0 Å². The van der Waals surface area contributed by atoms with Crippen molar-refractivity contribution in [1.82, 2.24) is 0 Å². The summed E-state index contributed by atoms with van der Waals surface area (Å²) in [5.41, 5.74) is 0.520. The minimum atomic E-state index is -3.86. The average molecular weight is 595 g/mol. The van der Waals surface area contributed by atoms with E-state index >= 15 is 0 Å². The maximum atomic E-state index is 14.2. The fourth-order valence-electron chi connectivity index (χ4n) is 7.26. The first-order chi connectivity index (χ1) is 18.5. The second kappa shape index (κ2) is 10.6. The Labute approximate surface area is 241 Å². The maximum absolute atomic E-state index is 14.2. The molecule has 2 unspecified atom stereocenters. The minimum absolute atomic E-state index is 0.0284. The zero-order chi connectivity index (χ0) is 28.2. The van der Waals surface area contributed by atoms with Crippen LogP contribution in [0.1, 0.15) is 64.9 Å². The van der Waals surface area contributed by atoms with Crippen LogP contribution >= 0.6 is 23.2 Å². The monoisotopic (exact) mass is 593 g/mol. The first kappa shape index (κ1) is 28.7. The molecule has 3 atom stereocenters. The average Bonchev–Trinajstić information content (AvgIpc) is 2.93. The van der Waals surface area contributed by atoms with Crippen LogP contribution in [0.3, 0.4) is 0 Å². The molecule has 1 saturated carbocycles. The molecule has 2 aliphatic heterocycles. The smallest absolute Gasteiger partial charge is 0.233 e. The predicted molar refractivity (Wildman–Crippen MR) is 155 cm³/mol. The third-order valence-electron chi connectivity index (χ3n) is 9.50. The highest BCUT2D eigenvalue weighted by Crippen LogP contribution is 2.54. The van der Waals surface area contributed by atoms with Crippen molar-refractivity contribution < 1.29 is 22.7 Å². The molecule has 3 aliphatic rings. The predicted octanol–water partition coefficient (Wildman–Crippen LogP) is 7.05. The van der Waals surface area contributed by atoms with Gasteiger partial charge in [0.2, 0.25) is 5.91 Å². The van der Waals surface area contributed by atoms with Gasteiger partial charge < -0.3 is 14.4 Å². The van der Waals surface area contributed by atoms with Gasteiger partial charge in [-0.25, -0.2) is 8.42 Å². The molecule has 0 bridgehead atoms. The van der Waals surface area contributed by atoms with E-state index in [0.717, 1.165) is 25.7 Å². The van der Waals surface area contributed by atoms with Crippen LogP contribution in [-0.4, -0.2) is 40.7 Å². The molecule has 39 heavy (non-hydrogen) atoms. The first-order valence-electron chi connectivity index (χ1n) is 13.8. The Hall–Kier alpha value is -1.80. The van der Waals surface area contributed by atoms with Crippen LogP contribution in [0, 0.1) is 17.3 Å². The molecule has 5 rings (SSSR count). The molecule has 212 valence electrons. The van der Waals surface area contributed by atoms with Gasteiger partial charge >= 0.3 is 0 Å². The van der Waals surface area contributed by atoms with Gasteiger partial charge in [0.25, 0.3) is 0 Å². The van der Waals surface area contributed by atoms with Crippen LogP contribution in [0.15, 0.2) is 41.3 Å². The molecule has 2 heterocycles. The van der Waals surface area contributed by atoms with Crippen molar-refractivity contribution >= 4 is 44.6 Å². The summed E-state index contributed by atoms with van der Waals surface area (Å²) in [7, 11) is -2.32. The van der Waals surface area contributed by atoms with Gasteiger partial charge in [-0.3, -0.25) is 4.79 Å². The normalized spacial score (nSPS) is 26.7. The quantitative estimate of drug-likeness (QED) is 0.371. The lowest BCUT2D eigenvalue weighted by atomic mass is 9.60. The van der Waals surface area contributed by atoms with Gasteiger partial charge in [0.05, 0.1) is 17.0 Å². The number of hydrogen-bond donors (Lipinski definition) is 0. The molecule has 0 aromatic heterocycles. The largest absolute Gasteiger partial charge is 0.495 e. The van der Waals surface area contributed by atoms with Gasteiger partial charge in [-0.05, 0) is 86.4 Å². The molecular formula is C30H37Cl2NO5S. The number of halogens is 2. The van der Waals surface area contributed by atoms with Gasteiger partial charge in [-0.1, -0.05) is 49.9 Å². The van der Waals surface area contributed by atoms with E-state index in [2.05, 4.69) is 6.92 Å². The van der Waals surface area contributed by atoms with E-state index in [1.165, 1.54) is 7.11 Å². The van der Waals surface area contributed by atoms with Crippen molar-refractivity contribution in [3.05, 3.63) is 52.0 Å². The Morgan fingerprint density at radius 2 is 1.67 bits per heavy atom. The lowest BCUT2D eigenvalue weighted by Crippen LogP contribution is -2.60. The van der Waals surface area contributed by atoms with Crippen molar-refractivity contribution in [2.24, 2.45) is 17.3 Å². The lowest BCUT2D eigenvalue weighted by molar-refractivity contribution is -0.137. The highest BCUT2D eigenvalue weighted by Gasteiger charge is 2.54. The Kier molecular flexibility index (Phi) is 7.77. The zero-order valence-corrected chi connectivity index (χ0v) is 25.3. The molecule has 9 heteroatoms. The number of amides is 1. The molecule has 2 aromatic rings. The van der Waals surface area contributed by atoms with E-state index in [9.17, 15) is 13.2 Å². The number of rotatable bonds is 5. The van der Waals surface area contributed by atoms with Gasteiger partial charge in [-0.15, -0.1) is 0 Å². The second-order valence-electron chi connectivity index (χ2n) is 11.8. The minimum Gasteiger partial charge on any atom is -0.495 e. The summed E-state index contributed by atoms with van der Waals surface area (Å²) < 4.78 is 38.6. The summed E-state index contributed by atoms with van der Waals surface area (Å²) in [5.74, 6) is 1.11. The SMILES string of the molecule is COc1cc(C2(S(=O)(=O)c3ccc(Cl)cc3)CCOCC2)cc(Cl)c1N1C(=O)C(C)(C)C2CCCCC2[C@H]1C. The summed E-state index contributed by atoms with van der Waals surface area (Å²) in [6.45, 7) is 6.79. The molecule has 2 saturated heterocycles. The van der Waals surface area contributed by atoms with Crippen LogP contribution < -0.4 is 9.64 Å². The fraction of sp³-hybridized carbons (Fsp3) is 0.567. The fourth-order valence-corrected chi connectivity index (χ4v) is 9.77. The van der Waals surface area contributed by atoms with Crippen molar-refractivity contribution in [2.45, 2.75) is 75.0 Å². The number of carbonyl (C=O) groups is 1. The zero-order valence-electron chi connectivity index (χ0n) is 23.0. The third-order valence-corrected chi connectivity index (χ3v) is 12.6. The van der Waals surface area contributed by atoms with Crippen LogP contribution in [0.25, 0.3) is 0 Å². The van der Waals surface area contributed by atoms with Crippen LogP contribution in [0.4, 0.5) is 5.69 Å². The van der Waals surface area contributed by atoms with Gasteiger partial charge in [-0.2, -0.15) is 0 Å². The number of methoxy groups -OCH3 is 1. The summed E-state index contributed by atoms with van der Waals surface area (Å²) in [6, 6.07) is 9.68. The Morgan fingerprint density at radius 3 is 2.31 bits per heavy atom. The maximum Gasteiger partial charge on any atom is 0.233 e. The van der Waals surface area contributed by atoms with E-state index in [-0.39, 0.29) is 29.7 Å². The van der Waals surface area contributed by atoms with E-state index in [1.807, 2.05) is 18.7 Å². The van der Waals surface area contributed by atoms with E-state index < -0.39 is 20.0 Å². The molecule has 1 amide bonds. The molecule has 1 aliphatic carbocycles. The van der Waals surface area contributed by atoms with E-state index in [1.54, 1.807) is 36.4 Å². The van der Waals surface area contributed by atoms with E-state index in [0.29, 0.717) is 52.1 Å². The molecule has 2 aromatic carbocycles. The summed E-state index contributed by atoms with van der Waals surface area (Å²) in [4.78, 5) is 16.1. The number of sulfone groups is 1. The molecule has 6 nitrogen and oxygen atoms in total. The van der Waals surface area contributed by atoms with Crippen LogP contribution in [-0.2, 0) is 24.1 Å². The number of benzene rings is 2. The first-order valence-corrected chi connectivity index (χ1v) is 16.0. The number of ether oxygens (including phenoxy) is 2.